The van der Waals surface area contributed by atoms with Crippen LogP contribution in [0.25, 0.3) is 0 Å². The number of ether oxygens (including phenoxy) is 1. The first kappa shape index (κ1) is 19.9. The van der Waals surface area contributed by atoms with Crippen LogP contribution in [0.3, 0.4) is 0 Å². The smallest absolute Gasteiger partial charge is 0.406 e. The van der Waals surface area contributed by atoms with E-state index in [1.807, 2.05) is 0 Å². The third-order valence-corrected chi connectivity index (χ3v) is 3.26. The van der Waals surface area contributed by atoms with Crippen molar-refractivity contribution in [2.75, 3.05) is 0 Å². The molecule has 0 heterocycles. The SMILES string of the molecule is C/C(=N\Oc1ccc(OC(F)(F)F)cc1)c1cc(Cl)ccc1C(F)(F)F. The van der Waals surface area contributed by atoms with Gasteiger partial charge < -0.3 is 9.57 Å². The Hall–Kier alpha value is -2.42. The predicted octanol–water partition coefficient (Wildman–Crippen LogP) is 6.06. The first-order valence-corrected chi connectivity index (χ1v) is 7.28. The van der Waals surface area contributed by atoms with Gasteiger partial charge in [0.2, 0.25) is 0 Å². The van der Waals surface area contributed by atoms with Gasteiger partial charge in [-0.1, -0.05) is 16.8 Å². The van der Waals surface area contributed by atoms with Crippen molar-refractivity contribution in [1.82, 2.24) is 0 Å². The van der Waals surface area contributed by atoms with E-state index in [2.05, 4.69) is 9.89 Å². The maximum atomic E-state index is 13.0. The van der Waals surface area contributed by atoms with Crippen LogP contribution in [0.5, 0.6) is 11.5 Å². The molecule has 2 aromatic carbocycles. The highest BCUT2D eigenvalue weighted by Gasteiger charge is 2.34. The van der Waals surface area contributed by atoms with Crippen LogP contribution in [-0.2, 0) is 6.18 Å². The first-order chi connectivity index (χ1) is 12.0. The number of nitrogens with zero attached hydrogens (tertiary/aromatic N) is 1. The summed E-state index contributed by atoms with van der Waals surface area (Å²) in [4.78, 5) is 4.96. The molecule has 0 unspecified atom stereocenters. The standard InChI is InChI=1S/C16H10ClF6NO2/c1-9(13-8-10(17)2-7-14(13)15(18,19)20)24-26-12-5-3-11(4-6-12)25-16(21,22)23/h2-8H,1H3/b24-9+. The molecule has 0 bridgehead atoms. The van der Waals surface area contributed by atoms with E-state index < -0.39 is 23.9 Å². The quantitative estimate of drug-likeness (QED) is 0.356. The summed E-state index contributed by atoms with van der Waals surface area (Å²) in [6.07, 6.45) is -9.45. The number of hydrogen-bond acceptors (Lipinski definition) is 3. The Morgan fingerprint density at radius 1 is 0.923 bits per heavy atom. The van der Waals surface area contributed by atoms with Crippen LogP contribution in [0.1, 0.15) is 18.1 Å². The van der Waals surface area contributed by atoms with Gasteiger partial charge in [0.15, 0.2) is 5.75 Å². The van der Waals surface area contributed by atoms with Gasteiger partial charge in [0.05, 0.1) is 11.3 Å². The topological polar surface area (TPSA) is 30.8 Å². The summed E-state index contributed by atoms with van der Waals surface area (Å²) in [7, 11) is 0. The van der Waals surface area contributed by atoms with Crippen LogP contribution < -0.4 is 9.57 Å². The molecule has 0 saturated carbocycles. The number of benzene rings is 2. The minimum absolute atomic E-state index is 0.00876. The lowest BCUT2D eigenvalue weighted by Crippen LogP contribution is -2.16. The van der Waals surface area contributed by atoms with Crippen LogP contribution in [0.2, 0.25) is 5.02 Å². The zero-order chi connectivity index (χ0) is 19.5. The van der Waals surface area contributed by atoms with Gasteiger partial charge in [0, 0.05) is 10.6 Å². The van der Waals surface area contributed by atoms with Crippen molar-refractivity contribution in [2.45, 2.75) is 19.5 Å². The van der Waals surface area contributed by atoms with E-state index in [1.54, 1.807) is 0 Å². The number of oxime groups is 1. The Bertz CT molecular complexity index is 800. The highest BCUT2D eigenvalue weighted by molar-refractivity contribution is 6.31. The molecule has 0 amide bonds. The minimum atomic E-state index is -4.84. The Balaban J connectivity index is 2.20. The molecule has 26 heavy (non-hydrogen) atoms. The molecule has 2 aromatic rings. The van der Waals surface area contributed by atoms with E-state index in [1.165, 1.54) is 6.92 Å². The molecule has 140 valence electrons. The average molecular weight is 398 g/mol. The van der Waals surface area contributed by atoms with E-state index in [-0.39, 0.29) is 22.0 Å². The molecular weight excluding hydrogens is 388 g/mol. The fourth-order valence-electron chi connectivity index (χ4n) is 1.94. The molecule has 0 aliphatic heterocycles. The van der Waals surface area contributed by atoms with Crippen LogP contribution in [-0.4, -0.2) is 12.1 Å². The summed E-state index contributed by atoms with van der Waals surface area (Å²) >= 11 is 5.73. The molecular formula is C16H10ClF6NO2. The second-order valence-corrected chi connectivity index (χ2v) is 5.41. The summed E-state index contributed by atoms with van der Waals surface area (Å²) in [6, 6.07) is 7.22. The summed E-state index contributed by atoms with van der Waals surface area (Å²) in [5, 5.41) is 3.66. The van der Waals surface area contributed by atoms with Crippen LogP contribution in [0.15, 0.2) is 47.6 Å². The molecule has 2 rings (SSSR count). The Morgan fingerprint density at radius 2 is 1.50 bits per heavy atom. The fraction of sp³-hybridized carbons (Fsp3) is 0.188. The second kappa shape index (κ2) is 7.45. The third kappa shape index (κ3) is 5.55. The average Bonchev–Trinajstić information content (AvgIpc) is 2.51. The molecule has 0 saturated heterocycles. The van der Waals surface area contributed by atoms with E-state index in [0.29, 0.717) is 0 Å². The minimum Gasteiger partial charge on any atom is -0.406 e. The van der Waals surface area contributed by atoms with E-state index in [9.17, 15) is 26.3 Å². The number of alkyl halides is 6. The highest BCUT2D eigenvalue weighted by atomic mass is 35.5. The fourth-order valence-corrected chi connectivity index (χ4v) is 2.11. The van der Waals surface area contributed by atoms with Gasteiger partial charge in [-0.25, -0.2) is 0 Å². The van der Waals surface area contributed by atoms with E-state index in [4.69, 9.17) is 16.4 Å². The Morgan fingerprint density at radius 3 is 2.04 bits per heavy atom. The predicted molar refractivity (Wildman–Crippen MR) is 82.4 cm³/mol. The number of hydrogen-bond donors (Lipinski definition) is 0. The summed E-state index contributed by atoms with van der Waals surface area (Å²) in [5.41, 5.74) is -1.34. The molecule has 0 aliphatic rings. The lowest BCUT2D eigenvalue weighted by Gasteiger charge is -2.13. The normalized spacial score (nSPS) is 12.8. The first-order valence-electron chi connectivity index (χ1n) is 6.90. The van der Waals surface area contributed by atoms with Crippen molar-refractivity contribution >= 4 is 17.3 Å². The van der Waals surface area contributed by atoms with Gasteiger partial charge in [-0.15, -0.1) is 13.2 Å². The molecule has 3 nitrogen and oxygen atoms in total. The lowest BCUT2D eigenvalue weighted by molar-refractivity contribution is -0.274. The summed E-state index contributed by atoms with van der Waals surface area (Å²) in [5.74, 6) is -0.464. The van der Waals surface area contributed by atoms with Crippen molar-refractivity contribution in [3.05, 3.63) is 58.6 Å². The summed E-state index contributed by atoms with van der Waals surface area (Å²) < 4.78 is 79.0. The van der Waals surface area contributed by atoms with Crippen molar-refractivity contribution in [3.8, 4) is 11.5 Å². The van der Waals surface area contributed by atoms with Gasteiger partial charge in [0.1, 0.15) is 5.75 Å². The summed E-state index contributed by atoms with van der Waals surface area (Å²) in [6.45, 7) is 1.28. The number of rotatable bonds is 4. The van der Waals surface area contributed by atoms with Gasteiger partial charge in [-0.3, -0.25) is 0 Å². The molecule has 0 atom stereocenters. The maximum Gasteiger partial charge on any atom is 0.573 e. The number of halogens is 7. The molecule has 0 aromatic heterocycles. The van der Waals surface area contributed by atoms with Gasteiger partial charge in [-0.2, -0.15) is 13.2 Å². The van der Waals surface area contributed by atoms with E-state index >= 15 is 0 Å². The molecule has 0 spiro atoms. The van der Waals surface area contributed by atoms with E-state index in [0.717, 1.165) is 42.5 Å². The van der Waals surface area contributed by atoms with Crippen molar-refractivity contribution in [1.29, 1.82) is 0 Å². The Kier molecular flexibility index (Phi) is 5.70. The third-order valence-electron chi connectivity index (χ3n) is 3.02. The van der Waals surface area contributed by atoms with Crippen molar-refractivity contribution in [3.63, 3.8) is 0 Å². The van der Waals surface area contributed by atoms with Gasteiger partial charge in [0.25, 0.3) is 0 Å². The highest BCUT2D eigenvalue weighted by Crippen LogP contribution is 2.34. The lowest BCUT2D eigenvalue weighted by atomic mass is 10.0. The van der Waals surface area contributed by atoms with Crippen LogP contribution in [0, 0.1) is 0 Å². The van der Waals surface area contributed by atoms with Gasteiger partial charge >= 0.3 is 12.5 Å². The largest absolute Gasteiger partial charge is 0.573 e. The van der Waals surface area contributed by atoms with Crippen LogP contribution in [0.4, 0.5) is 26.3 Å². The zero-order valence-corrected chi connectivity index (χ0v) is 13.7. The van der Waals surface area contributed by atoms with Crippen molar-refractivity contribution in [2.24, 2.45) is 5.16 Å². The molecule has 10 heteroatoms. The van der Waals surface area contributed by atoms with Crippen molar-refractivity contribution < 1.29 is 35.9 Å². The van der Waals surface area contributed by atoms with Gasteiger partial charge in [-0.05, 0) is 49.4 Å². The molecule has 0 fully saturated rings. The molecule has 0 N–H and O–H groups in total. The maximum absolute atomic E-state index is 13.0. The monoisotopic (exact) mass is 397 g/mol. The van der Waals surface area contributed by atoms with Crippen LogP contribution >= 0.6 is 11.6 Å². The molecule has 0 radical (unpaired) electrons. The molecule has 0 aliphatic carbocycles. The zero-order valence-electron chi connectivity index (χ0n) is 13.0. The second-order valence-electron chi connectivity index (χ2n) is 4.97. The Labute approximate surface area is 148 Å².